The van der Waals surface area contributed by atoms with Crippen LogP contribution in [0, 0.1) is 0 Å². The molecular formula is C14H24N4O2. The van der Waals surface area contributed by atoms with Gasteiger partial charge in [0.05, 0.1) is 12.8 Å². The van der Waals surface area contributed by atoms with E-state index in [0.717, 1.165) is 45.0 Å². The van der Waals surface area contributed by atoms with E-state index >= 15 is 0 Å². The first kappa shape index (κ1) is 14.9. The van der Waals surface area contributed by atoms with Crippen LogP contribution in [0.3, 0.4) is 0 Å². The molecule has 0 saturated carbocycles. The first-order valence-electron chi connectivity index (χ1n) is 7.07. The van der Waals surface area contributed by atoms with Gasteiger partial charge in [-0.2, -0.15) is 0 Å². The Morgan fingerprint density at radius 2 is 2.10 bits per heavy atom. The molecule has 0 atom stereocenters. The Kier molecular flexibility index (Phi) is 5.43. The van der Waals surface area contributed by atoms with Crippen molar-refractivity contribution in [2.75, 3.05) is 53.4 Å². The second-order valence-corrected chi connectivity index (χ2v) is 5.38. The van der Waals surface area contributed by atoms with Crippen LogP contribution in [0.25, 0.3) is 0 Å². The Balaban J connectivity index is 1.67. The molecule has 1 aliphatic rings. The standard InChI is InChI=1S/C14H24N4O2/c1-16(2)6-5-15-14(19)18-9-7-17(8-10-18)12-13-4-3-11-20-13/h3-4,11H,5-10,12H2,1-2H3,(H,15,19). The van der Waals surface area contributed by atoms with Crippen LogP contribution in [0.1, 0.15) is 5.76 Å². The molecule has 1 aromatic rings. The van der Waals surface area contributed by atoms with E-state index in [1.807, 2.05) is 31.1 Å². The van der Waals surface area contributed by atoms with E-state index in [0.29, 0.717) is 6.54 Å². The van der Waals surface area contributed by atoms with Crippen molar-refractivity contribution < 1.29 is 9.21 Å². The topological polar surface area (TPSA) is 52.0 Å². The Bertz CT molecular complexity index is 397. The van der Waals surface area contributed by atoms with Crippen molar-refractivity contribution in [2.45, 2.75) is 6.54 Å². The summed E-state index contributed by atoms with van der Waals surface area (Å²) in [4.78, 5) is 18.2. The minimum absolute atomic E-state index is 0.0458. The third-order valence-electron chi connectivity index (χ3n) is 3.45. The molecule has 2 rings (SSSR count). The zero-order chi connectivity index (χ0) is 14.4. The monoisotopic (exact) mass is 280 g/mol. The summed E-state index contributed by atoms with van der Waals surface area (Å²) in [6, 6.07) is 3.94. The number of likely N-dealkylation sites (N-methyl/N-ethyl adjacent to an activating group) is 1. The SMILES string of the molecule is CN(C)CCNC(=O)N1CCN(Cc2ccco2)CC1. The summed E-state index contributed by atoms with van der Waals surface area (Å²) in [5.74, 6) is 0.980. The molecule has 2 heterocycles. The highest BCUT2D eigenvalue weighted by molar-refractivity contribution is 5.74. The van der Waals surface area contributed by atoms with Crippen LogP contribution in [-0.2, 0) is 6.54 Å². The number of carbonyl (C=O) groups excluding carboxylic acids is 1. The molecule has 1 N–H and O–H groups in total. The lowest BCUT2D eigenvalue weighted by Crippen LogP contribution is -2.52. The van der Waals surface area contributed by atoms with Gasteiger partial charge in [-0.05, 0) is 26.2 Å². The second kappa shape index (κ2) is 7.31. The minimum atomic E-state index is 0.0458. The van der Waals surface area contributed by atoms with Gasteiger partial charge < -0.3 is 19.5 Å². The molecule has 0 radical (unpaired) electrons. The van der Waals surface area contributed by atoms with Gasteiger partial charge in [-0.15, -0.1) is 0 Å². The number of nitrogens with zero attached hydrogens (tertiary/aromatic N) is 3. The summed E-state index contributed by atoms with van der Waals surface area (Å²) in [5, 5.41) is 2.95. The van der Waals surface area contributed by atoms with Crippen molar-refractivity contribution in [1.29, 1.82) is 0 Å². The molecule has 0 bridgehead atoms. The Labute approximate surface area is 120 Å². The van der Waals surface area contributed by atoms with Gasteiger partial charge in [0.25, 0.3) is 0 Å². The Hall–Kier alpha value is -1.53. The van der Waals surface area contributed by atoms with Gasteiger partial charge in [0.1, 0.15) is 5.76 Å². The average Bonchev–Trinajstić information content (AvgIpc) is 2.92. The number of amides is 2. The number of piperazine rings is 1. The van der Waals surface area contributed by atoms with E-state index in [1.54, 1.807) is 6.26 Å². The fourth-order valence-corrected chi connectivity index (χ4v) is 2.23. The molecule has 6 heteroatoms. The molecule has 1 fully saturated rings. The number of urea groups is 1. The van der Waals surface area contributed by atoms with Crippen molar-refractivity contribution in [1.82, 2.24) is 20.0 Å². The summed E-state index contributed by atoms with van der Waals surface area (Å²) in [5.41, 5.74) is 0. The third-order valence-corrected chi connectivity index (χ3v) is 3.45. The maximum absolute atomic E-state index is 12.0. The lowest BCUT2D eigenvalue weighted by Gasteiger charge is -2.34. The van der Waals surface area contributed by atoms with E-state index in [2.05, 4.69) is 15.1 Å². The Morgan fingerprint density at radius 1 is 1.35 bits per heavy atom. The number of rotatable bonds is 5. The number of hydrogen-bond donors (Lipinski definition) is 1. The predicted octanol–water partition coefficient (Wildman–Crippen LogP) is 0.668. The Morgan fingerprint density at radius 3 is 2.70 bits per heavy atom. The highest BCUT2D eigenvalue weighted by Crippen LogP contribution is 2.08. The lowest BCUT2D eigenvalue weighted by molar-refractivity contribution is 0.130. The molecule has 20 heavy (non-hydrogen) atoms. The zero-order valence-corrected chi connectivity index (χ0v) is 12.3. The highest BCUT2D eigenvalue weighted by Gasteiger charge is 2.21. The molecule has 6 nitrogen and oxygen atoms in total. The number of carbonyl (C=O) groups is 1. The molecule has 0 aliphatic carbocycles. The van der Waals surface area contributed by atoms with Gasteiger partial charge in [-0.1, -0.05) is 0 Å². The largest absolute Gasteiger partial charge is 0.468 e. The van der Waals surface area contributed by atoms with Crippen molar-refractivity contribution in [3.05, 3.63) is 24.2 Å². The molecule has 0 unspecified atom stereocenters. The van der Waals surface area contributed by atoms with Crippen molar-refractivity contribution in [3.8, 4) is 0 Å². The predicted molar refractivity (Wildman–Crippen MR) is 77.5 cm³/mol. The zero-order valence-electron chi connectivity index (χ0n) is 12.3. The van der Waals surface area contributed by atoms with Gasteiger partial charge in [-0.25, -0.2) is 4.79 Å². The summed E-state index contributed by atoms with van der Waals surface area (Å²) >= 11 is 0. The molecular weight excluding hydrogens is 256 g/mol. The van der Waals surface area contributed by atoms with Gasteiger partial charge in [-0.3, -0.25) is 4.90 Å². The van der Waals surface area contributed by atoms with Crippen LogP contribution in [0.5, 0.6) is 0 Å². The molecule has 0 spiro atoms. The fraction of sp³-hybridized carbons (Fsp3) is 0.643. The summed E-state index contributed by atoms with van der Waals surface area (Å²) in [7, 11) is 4.00. The van der Waals surface area contributed by atoms with Crippen LogP contribution in [-0.4, -0.2) is 74.1 Å². The van der Waals surface area contributed by atoms with Gasteiger partial charge in [0.15, 0.2) is 0 Å². The molecule has 112 valence electrons. The third kappa shape index (κ3) is 4.54. The minimum Gasteiger partial charge on any atom is -0.468 e. The van der Waals surface area contributed by atoms with E-state index in [4.69, 9.17) is 4.42 Å². The van der Waals surface area contributed by atoms with E-state index in [1.165, 1.54) is 0 Å². The lowest BCUT2D eigenvalue weighted by atomic mass is 10.3. The number of nitrogens with one attached hydrogen (secondary N) is 1. The quantitative estimate of drug-likeness (QED) is 0.861. The normalized spacial score (nSPS) is 16.6. The van der Waals surface area contributed by atoms with Gasteiger partial charge in [0, 0.05) is 39.3 Å². The van der Waals surface area contributed by atoms with E-state index < -0.39 is 0 Å². The molecule has 2 amide bonds. The van der Waals surface area contributed by atoms with Gasteiger partial charge in [0.2, 0.25) is 0 Å². The fourth-order valence-electron chi connectivity index (χ4n) is 2.23. The van der Waals surface area contributed by atoms with E-state index in [-0.39, 0.29) is 6.03 Å². The highest BCUT2D eigenvalue weighted by atomic mass is 16.3. The first-order chi connectivity index (χ1) is 9.65. The summed E-state index contributed by atoms with van der Waals surface area (Å²) in [6.45, 7) is 5.71. The molecule has 1 aromatic heterocycles. The summed E-state index contributed by atoms with van der Waals surface area (Å²) in [6.07, 6.45) is 1.70. The second-order valence-electron chi connectivity index (χ2n) is 5.38. The van der Waals surface area contributed by atoms with Crippen LogP contribution >= 0.6 is 0 Å². The maximum atomic E-state index is 12.0. The van der Waals surface area contributed by atoms with Crippen LogP contribution < -0.4 is 5.32 Å². The smallest absolute Gasteiger partial charge is 0.317 e. The molecule has 1 saturated heterocycles. The van der Waals surface area contributed by atoms with Gasteiger partial charge >= 0.3 is 6.03 Å². The van der Waals surface area contributed by atoms with Crippen LogP contribution in [0.15, 0.2) is 22.8 Å². The van der Waals surface area contributed by atoms with Crippen molar-refractivity contribution in [2.24, 2.45) is 0 Å². The molecule has 0 aromatic carbocycles. The average molecular weight is 280 g/mol. The number of hydrogen-bond acceptors (Lipinski definition) is 4. The van der Waals surface area contributed by atoms with Crippen molar-refractivity contribution >= 4 is 6.03 Å². The summed E-state index contributed by atoms with van der Waals surface area (Å²) < 4.78 is 5.35. The van der Waals surface area contributed by atoms with Crippen molar-refractivity contribution in [3.63, 3.8) is 0 Å². The van der Waals surface area contributed by atoms with E-state index in [9.17, 15) is 4.79 Å². The first-order valence-corrected chi connectivity index (χ1v) is 7.07. The van der Waals surface area contributed by atoms with Crippen LogP contribution in [0.2, 0.25) is 0 Å². The molecule has 1 aliphatic heterocycles. The number of furan rings is 1. The van der Waals surface area contributed by atoms with Crippen LogP contribution in [0.4, 0.5) is 4.79 Å². The maximum Gasteiger partial charge on any atom is 0.317 e.